The molecule has 1 unspecified atom stereocenters. The second-order valence-corrected chi connectivity index (χ2v) is 4.62. The number of urea groups is 1. The summed E-state index contributed by atoms with van der Waals surface area (Å²) >= 11 is 1.72. The molecule has 1 heterocycles. The summed E-state index contributed by atoms with van der Waals surface area (Å²) in [4.78, 5) is 12.6. The molecule has 0 bridgehead atoms. The normalized spacial score (nSPS) is 12.1. The second kappa shape index (κ2) is 6.45. The average Bonchev–Trinajstić information content (AvgIpc) is 2.67. The first-order chi connectivity index (χ1) is 7.22. The molecule has 0 fully saturated rings. The van der Waals surface area contributed by atoms with Crippen molar-refractivity contribution in [1.82, 2.24) is 10.6 Å². The molecule has 0 aliphatic rings. The number of hydrogen-bond donors (Lipinski definition) is 2. The van der Waals surface area contributed by atoms with Crippen LogP contribution in [0.15, 0.2) is 17.5 Å². The van der Waals surface area contributed by atoms with E-state index < -0.39 is 0 Å². The highest BCUT2D eigenvalue weighted by Crippen LogP contribution is 2.10. The van der Waals surface area contributed by atoms with Crippen molar-refractivity contribution in [2.24, 2.45) is 0 Å². The molecule has 2 N–H and O–H groups in total. The first-order valence-corrected chi connectivity index (χ1v) is 6.17. The minimum Gasteiger partial charge on any atom is -0.338 e. The van der Waals surface area contributed by atoms with E-state index in [9.17, 15) is 4.79 Å². The van der Waals surface area contributed by atoms with E-state index >= 15 is 0 Å². The van der Waals surface area contributed by atoms with E-state index in [4.69, 9.17) is 0 Å². The Hall–Kier alpha value is -1.03. The summed E-state index contributed by atoms with van der Waals surface area (Å²) in [6.45, 7) is 4.79. The monoisotopic (exact) mass is 226 g/mol. The lowest BCUT2D eigenvalue weighted by atomic mass is 10.2. The van der Waals surface area contributed by atoms with Gasteiger partial charge in [0, 0.05) is 23.9 Å². The molecule has 4 heteroatoms. The fourth-order valence-corrected chi connectivity index (χ4v) is 2.13. The van der Waals surface area contributed by atoms with Gasteiger partial charge in [0.05, 0.1) is 0 Å². The minimum absolute atomic E-state index is 0.0686. The van der Waals surface area contributed by atoms with Crippen LogP contribution in [0.5, 0.6) is 0 Å². The van der Waals surface area contributed by atoms with Crippen LogP contribution < -0.4 is 10.6 Å². The van der Waals surface area contributed by atoms with Crippen molar-refractivity contribution in [1.29, 1.82) is 0 Å². The first kappa shape index (κ1) is 12.0. The Morgan fingerprint density at radius 1 is 1.60 bits per heavy atom. The number of hydrogen-bond acceptors (Lipinski definition) is 2. The second-order valence-electron chi connectivity index (χ2n) is 3.58. The van der Waals surface area contributed by atoms with Gasteiger partial charge in [-0.15, -0.1) is 11.3 Å². The molecular formula is C11H18N2OS. The van der Waals surface area contributed by atoms with Crippen LogP contribution >= 0.6 is 11.3 Å². The summed E-state index contributed by atoms with van der Waals surface area (Å²) in [6, 6.07) is 4.23. The molecule has 1 aromatic rings. The van der Waals surface area contributed by atoms with Gasteiger partial charge in [0.25, 0.3) is 0 Å². The van der Waals surface area contributed by atoms with Gasteiger partial charge in [-0.05, 0) is 24.8 Å². The van der Waals surface area contributed by atoms with Crippen LogP contribution in [0.1, 0.15) is 25.1 Å². The van der Waals surface area contributed by atoms with Crippen LogP contribution in [-0.4, -0.2) is 18.6 Å². The van der Waals surface area contributed by atoms with E-state index in [1.807, 2.05) is 19.9 Å². The van der Waals surface area contributed by atoms with Gasteiger partial charge in [0.15, 0.2) is 0 Å². The van der Waals surface area contributed by atoms with Gasteiger partial charge in [0.1, 0.15) is 0 Å². The van der Waals surface area contributed by atoms with Gasteiger partial charge >= 0.3 is 6.03 Å². The van der Waals surface area contributed by atoms with E-state index in [1.165, 1.54) is 4.88 Å². The lowest BCUT2D eigenvalue weighted by Gasteiger charge is -2.13. The van der Waals surface area contributed by atoms with Crippen LogP contribution in [0.25, 0.3) is 0 Å². The van der Waals surface area contributed by atoms with Crippen molar-refractivity contribution in [2.75, 3.05) is 6.54 Å². The highest BCUT2D eigenvalue weighted by Gasteiger charge is 2.07. The fraction of sp³-hybridized carbons (Fsp3) is 0.545. The SMILES string of the molecule is CCCNC(=O)NC(C)Cc1cccs1. The maximum atomic E-state index is 11.3. The molecule has 0 aromatic carbocycles. The summed E-state index contributed by atoms with van der Waals surface area (Å²) in [6.07, 6.45) is 1.87. The average molecular weight is 226 g/mol. The maximum absolute atomic E-state index is 11.3. The van der Waals surface area contributed by atoms with E-state index in [-0.39, 0.29) is 12.1 Å². The molecule has 1 rings (SSSR count). The Morgan fingerprint density at radius 2 is 2.40 bits per heavy atom. The van der Waals surface area contributed by atoms with Crippen molar-refractivity contribution < 1.29 is 4.79 Å². The third kappa shape index (κ3) is 4.83. The third-order valence-corrected chi connectivity index (χ3v) is 2.90. The van der Waals surface area contributed by atoms with Gasteiger partial charge in [-0.3, -0.25) is 0 Å². The Morgan fingerprint density at radius 3 is 3.00 bits per heavy atom. The zero-order valence-corrected chi connectivity index (χ0v) is 10.1. The molecule has 2 amide bonds. The Labute approximate surface area is 94.9 Å². The highest BCUT2D eigenvalue weighted by molar-refractivity contribution is 7.09. The van der Waals surface area contributed by atoms with Crippen molar-refractivity contribution in [3.63, 3.8) is 0 Å². The third-order valence-electron chi connectivity index (χ3n) is 2.00. The summed E-state index contributed by atoms with van der Waals surface area (Å²) in [5, 5.41) is 7.76. The van der Waals surface area contributed by atoms with Crippen molar-refractivity contribution in [3.05, 3.63) is 22.4 Å². The van der Waals surface area contributed by atoms with Crippen molar-refractivity contribution >= 4 is 17.4 Å². The number of nitrogens with one attached hydrogen (secondary N) is 2. The van der Waals surface area contributed by atoms with Crippen LogP contribution in [0.4, 0.5) is 4.79 Å². The zero-order chi connectivity index (χ0) is 11.1. The Kier molecular flexibility index (Phi) is 5.18. The predicted octanol–water partition coefficient (Wildman–Crippen LogP) is 2.39. The van der Waals surface area contributed by atoms with Gasteiger partial charge < -0.3 is 10.6 Å². The number of amides is 2. The standard InChI is InChI=1S/C11H18N2OS/c1-3-6-12-11(14)13-9(2)8-10-5-4-7-15-10/h4-5,7,9H,3,6,8H2,1-2H3,(H2,12,13,14). The van der Waals surface area contributed by atoms with Crippen molar-refractivity contribution in [3.8, 4) is 0 Å². The molecule has 0 aliphatic carbocycles. The summed E-state index contributed by atoms with van der Waals surface area (Å²) in [5.74, 6) is 0. The molecule has 0 radical (unpaired) electrons. The van der Waals surface area contributed by atoms with Gasteiger partial charge in [-0.1, -0.05) is 13.0 Å². The molecule has 0 saturated heterocycles. The van der Waals surface area contributed by atoms with Gasteiger partial charge in [-0.2, -0.15) is 0 Å². The molecule has 0 spiro atoms. The molecule has 1 atom stereocenters. The molecule has 3 nitrogen and oxygen atoms in total. The number of carbonyl (C=O) groups is 1. The van der Waals surface area contributed by atoms with Crippen LogP contribution in [-0.2, 0) is 6.42 Å². The van der Waals surface area contributed by atoms with Gasteiger partial charge in [-0.25, -0.2) is 4.79 Å². The fourth-order valence-electron chi connectivity index (χ4n) is 1.29. The van der Waals surface area contributed by atoms with E-state index in [0.717, 1.165) is 19.4 Å². The smallest absolute Gasteiger partial charge is 0.315 e. The Balaban J connectivity index is 2.23. The van der Waals surface area contributed by atoms with Crippen LogP contribution in [0.3, 0.4) is 0 Å². The topological polar surface area (TPSA) is 41.1 Å². The molecule has 84 valence electrons. The van der Waals surface area contributed by atoms with E-state index in [0.29, 0.717) is 0 Å². The van der Waals surface area contributed by atoms with Crippen LogP contribution in [0, 0.1) is 0 Å². The summed E-state index contributed by atoms with van der Waals surface area (Å²) in [7, 11) is 0. The molecule has 1 aromatic heterocycles. The minimum atomic E-state index is -0.0686. The lowest BCUT2D eigenvalue weighted by Crippen LogP contribution is -2.41. The molecule has 0 aliphatic heterocycles. The van der Waals surface area contributed by atoms with Crippen LogP contribution in [0.2, 0.25) is 0 Å². The highest BCUT2D eigenvalue weighted by atomic mass is 32.1. The predicted molar refractivity (Wildman–Crippen MR) is 64.3 cm³/mol. The van der Waals surface area contributed by atoms with Crippen molar-refractivity contribution in [2.45, 2.75) is 32.7 Å². The first-order valence-electron chi connectivity index (χ1n) is 5.29. The summed E-state index contributed by atoms with van der Waals surface area (Å²) < 4.78 is 0. The zero-order valence-electron chi connectivity index (χ0n) is 9.25. The largest absolute Gasteiger partial charge is 0.338 e. The molecule has 0 saturated carbocycles. The number of carbonyl (C=O) groups excluding carboxylic acids is 1. The van der Waals surface area contributed by atoms with E-state index in [1.54, 1.807) is 11.3 Å². The quantitative estimate of drug-likeness (QED) is 0.795. The Bertz CT molecular complexity index is 285. The summed E-state index contributed by atoms with van der Waals surface area (Å²) in [5.41, 5.74) is 0. The lowest BCUT2D eigenvalue weighted by molar-refractivity contribution is 0.238. The van der Waals surface area contributed by atoms with E-state index in [2.05, 4.69) is 22.1 Å². The number of rotatable bonds is 5. The maximum Gasteiger partial charge on any atom is 0.315 e. The van der Waals surface area contributed by atoms with Gasteiger partial charge in [0.2, 0.25) is 0 Å². The molecular weight excluding hydrogens is 208 g/mol. The number of thiophene rings is 1. The molecule has 15 heavy (non-hydrogen) atoms.